The Morgan fingerprint density at radius 3 is 2.73 bits per heavy atom. The van der Waals surface area contributed by atoms with E-state index in [1.807, 2.05) is 6.92 Å². The van der Waals surface area contributed by atoms with Crippen LogP contribution in [0, 0.1) is 25.5 Å². The molecule has 26 heavy (non-hydrogen) atoms. The number of carbonyl (C=O) groups excluding carboxylic acids is 2. The highest BCUT2D eigenvalue weighted by Crippen LogP contribution is 2.20. The van der Waals surface area contributed by atoms with Crippen molar-refractivity contribution in [3.05, 3.63) is 46.9 Å². The number of ether oxygens (including phenoxy) is 1. The number of rotatable bonds is 7. The first-order valence-electron chi connectivity index (χ1n) is 7.72. The summed E-state index contributed by atoms with van der Waals surface area (Å²) in [6.07, 6.45) is -1.15. The Labute approximate surface area is 153 Å². The molecule has 9 heteroatoms. The van der Waals surface area contributed by atoms with Gasteiger partial charge in [-0.05, 0) is 32.9 Å². The van der Waals surface area contributed by atoms with Crippen LogP contribution in [0.3, 0.4) is 0 Å². The van der Waals surface area contributed by atoms with Gasteiger partial charge in [0.15, 0.2) is 6.10 Å². The van der Waals surface area contributed by atoms with Crippen molar-refractivity contribution in [2.24, 2.45) is 0 Å². The fourth-order valence-corrected chi connectivity index (χ4v) is 3.01. The number of aryl methyl sites for hydroxylation is 2. The second-order valence-electron chi connectivity index (χ2n) is 5.54. The van der Waals surface area contributed by atoms with Gasteiger partial charge in [0.2, 0.25) is 0 Å². The molecule has 0 spiro atoms. The summed E-state index contributed by atoms with van der Waals surface area (Å²) in [5, 5.41) is 6.01. The standard InChI is InChI=1S/C17H18F2N2O4S/c1-9-13(10(2)25-21-9)7-26-8-16(22)24-11(3)17(23)20-15-6-12(18)4-5-14(15)19/h4-6,11H,7-8H2,1-3H3,(H,20,23). The smallest absolute Gasteiger partial charge is 0.316 e. The number of carbonyl (C=O) groups is 2. The zero-order valence-electron chi connectivity index (χ0n) is 14.5. The molecule has 1 heterocycles. The predicted octanol–water partition coefficient (Wildman–Crippen LogP) is 3.37. The SMILES string of the molecule is Cc1noc(C)c1CSCC(=O)OC(C)C(=O)Nc1cc(F)ccc1F. The first-order valence-corrected chi connectivity index (χ1v) is 8.88. The maximum atomic E-state index is 13.5. The third-order valence-corrected chi connectivity index (χ3v) is 4.44. The summed E-state index contributed by atoms with van der Waals surface area (Å²) < 4.78 is 36.7. The molecule has 0 aliphatic heterocycles. The number of esters is 1. The summed E-state index contributed by atoms with van der Waals surface area (Å²) >= 11 is 1.29. The Balaban J connectivity index is 1.80. The lowest BCUT2D eigenvalue weighted by Crippen LogP contribution is -2.30. The maximum Gasteiger partial charge on any atom is 0.316 e. The van der Waals surface area contributed by atoms with Crippen LogP contribution in [0.25, 0.3) is 0 Å². The molecule has 0 radical (unpaired) electrons. The molecule has 0 aliphatic rings. The molecule has 0 saturated carbocycles. The van der Waals surface area contributed by atoms with Crippen LogP contribution in [0.2, 0.25) is 0 Å². The fraction of sp³-hybridized carbons (Fsp3) is 0.353. The van der Waals surface area contributed by atoms with Crippen LogP contribution in [0.4, 0.5) is 14.5 Å². The molecule has 0 fully saturated rings. The summed E-state index contributed by atoms with van der Waals surface area (Å²) in [6.45, 7) is 4.94. The average Bonchev–Trinajstić information content (AvgIpc) is 2.90. The van der Waals surface area contributed by atoms with Gasteiger partial charge in [-0.1, -0.05) is 5.16 Å². The maximum absolute atomic E-state index is 13.5. The minimum atomic E-state index is -1.15. The van der Waals surface area contributed by atoms with E-state index in [4.69, 9.17) is 9.26 Å². The molecular weight excluding hydrogens is 366 g/mol. The third kappa shape index (κ3) is 5.29. The number of nitrogens with one attached hydrogen (secondary N) is 1. The molecule has 140 valence electrons. The Kier molecular flexibility index (Phi) is 6.73. The number of nitrogens with zero attached hydrogens (tertiary/aromatic N) is 1. The molecule has 1 atom stereocenters. The zero-order chi connectivity index (χ0) is 19.3. The average molecular weight is 384 g/mol. The number of thioether (sulfide) groups is 1. The van der Waals surface area contributed by atoms with E-state index in [2.05, 4.69) is 10.5 Å². The molecule has 1 N–H and O–H groups in total. The van der Waals surface area contributed by atoms with E-state index in [1.54, 1.807) is 6.92 Å². The van der Waals surface area contributed by atoms with Crippen molar-refractivity contribution < 1.29 is 27.6 Å². The number of anilines is 1. The van der Waals surface area contributed by atoms with Gasteiger partial charge in [-0.25, -0.2) is 8.78 Å². The highest BCUT2D eigenvalue weighted by molar-refractivity contribution is 7.99. The summed E-state index contributed by atoms with van der Waals surface area (Å²) in [4.78, 5) is 23.8. The summed E-state index contributed by atoms with van der Waals surface area (Å²) in [6, 6.07) is 2.68. The Bertz CT molecular complexity index is 791. The normalized spacial score (nSPS) is 11.9. The number of amides is 1. The quantitative estimate of drug-likeness (QED) is 0.737. The molecule has 1 amide bonds. The van der Waals surface area contributed by atoms with Crippen LogP contribution in [0.15, 0.2) is 22.7 Å². The van der Waals surface area contributed by atoms with E-state index in [-0.39, 0.29) is 11.4 Å². The van der Waals surface area contributed by atoms with E-state index < -0.39 is 29.6 Å². The Hall–Kier alpha value is -2.42. The zero-order valence-corrected chi connectivity index (χ0v) is 15.3. The van der Waals surface area contributed by atoms with Crippen LogP contribution < -0.4 is 5.32 Å². The molecule has 1 unspecified atom stereocenters. The molecule has 1 aromatic heterocycles. The highest BCUT2D eigenvalue weighted by Gasteiger charge is 2.20. The first kappa shape index (κ1) is 19.9. The minimum absolute atomic E-state index is 0.0238. The van der Waals surface area contributed by atoms with Gasteiger partial charge < -0.3 is 14.6 Å². The molecule has 1 aromatic carbocycles. The van der Waals surface area contributed by atoms with Gasteiger partial charge in [-0.15, -0.1) is 11.8 Å². The summed E-state index contributed by atoms with van der Waals surface area (Å²) in [7, 11) is 0. The Morgan fingerprint density at radius 2 is 2.08 bits per heavy atom. The lowest BCUT2D eigenvalue weighted by Gasteiger charge is -2.14. The van der Waals surface area contributed by atoms with Gasteiger partial charge in [0.05, 0.1) is 17.1 Å². The fourth-order valence-electron chi connectivity index (χ4n) is 2.06. The van der Waals surface area contributed by atoms with Crippen molar-refractivity contribution in [2.45, 2.75) is 32.6 Å². The van der Waals surface area contributed by atoms with E-state index in [9.17, 15) is 18.4 Å². The molecule has 2 aromatic rings. The lowest BCUT2D eigenvalue weighted by molar-refractivity contribution is -0.150. The minimum Gasteiger partial charge on any atom is -0.452 e. The topological polar surface area (TPSA) is 81.4 Å². The van der Waals surface area contributed by atoms with Crippen molar-refractivity contribution in [1.82, 2.24) is 5.16 Å². The van der Waals surface area contributed by atoms with E-state index in [1.165, 1.54) is 18.7 Å². The van der Waals surface area contributed by atoms with Gasteiger partial charge in [0.25, 0.3) is 5.91 Å². The second-order valence-corrected chi connectivity index (χ2v) is 6.53. The van der Waals surface area contributed by atoms with E-state index >= 15 is 0 Å². The highest BCUT2D eigenvalue weighted by atomic mass is 32.2. The molecule has 0 aliphatic carbocycles. The molecule has 0 saturated heterocycles. The first-order chi connectivity index (χ1) is 12.3. The van der Waals surface area contributed by atoms with Crippen LogP contribution in [-0.4, -0.2) is 28.9 Å². The number of hydrogen-bond acceptors (Lipinski definition) is 6. The summed E-state index contributed by atoms with van der Waals surface area (Å²) in [5.74, 6) is -1.59. The third-order valence-electron chi connectivity index (χ3n) is 3.51. The van der Waals surface area contributed by atoms with E-state index in [0.29, 0.717) is 11.5 Å². The number of halogens is 2. The van der Waals surface area contributed by atoms with Crippen LogP contribution in [0.5, 0.6) is 0 Å². The molecular formula is C17H18F2N2O4S. The van der Waals surface area contributed by atoms with Crippen LogP contribution >= 0.6 is 11.8 Å². The monoisotopic (exact) mass is 384 g/mol. The van der Waals surface area contributed by atoms with Crippen LogP contribution in [-0.2, 0) is 20.1 Å². The second kappa shape index (κ2) is 8.79. The summed E-state index contributed by atoms with van der Waals surface area (Å²) in [5.41, 5.74) is 1.36. The van der Waals surface area contributed by atoms with Gasteiger partial charge in [-0.2, -0.15) is 0 Å². The van der Waals surface area contributed by atoms with Crippen molar-refractivity contribution >= 4 is 29.3 Å². The number of benzene rings is 1. The molecule has 2 rings (SSSR count). The van der Waals surface area contributed by atoms with Gasteiger partial charge in [0.1, 0.15) is 17.4 Å². The van der Waals surface area contributed by atoms with Gasteiger partial charge >= 0.3 is 5.97 Å². The van der Waals surface area contributed by atoms with E-state index in [0.717, 1.165) is 29.5 Å². The molecule has 6 nitrogen and oxygen atoms in total. The van der Waals surface area contributed by atoms with Gasteiger partial charge in [0, 0.05) is 17.4 Å². The van der Waals surface area contributed by atoms with Crippen molar-refractivity contribution in [3.63, 3.8) is 0 Å². The Morgan fingerprint density at radius 1 is 1.35 bits per heavy atom. The van der Waals surface area contributed by atoms with Crippen molar-refractivity contribution in [2.75, 3.05) is 11.1 Å². The van der Waals surface area contributed by atoms with Crippen molar-refractivity contribution in [3.8, 4) is 0 Å². The lowest BCUT2D eigenvalue weighted by atomic mass is 10.2. The van der Waals surface area contributed by atoms with Crippen molar-refractivity contribution in [1.29, 1.82) is 0 Å². The predicted molar refractivity (Wildman–Crippen MR) is 92.7 cm³/mol. The largest absolute Gasteiger partial charge is 0.452 e. The number of aromatic nitrogens is 1. The number of hydrogen-bond donors (Lipinski definition) is 1. The van der Waals surface area contributed by atoms with Gasteiger partial charge in [-0.3, -0.25) is 9.59 Å². The molecule has 0 bridgehead atoms. The van der Waals surface area contributed by atoms with Crippen LogP contribution in [0.1, 0.15) is 23.9 Å².